The normalized spacial score (nSPS) is 19.3. The summed E-state index contributed by atoms with van der Waals surface area (Å²) in [5.41, 5.74) is 0.891. The topological polar surface area (TPSA) is 123 Å². The standard InChI is InChI=1S/C35H39ClF3N7O5/c1-19(2)46(21-11-35(38,39)12-21)30(47)23-10-20(37)6-7-26(23)50-29-28(41-31(36)43-42-29)45-17-34(18-45)13-22(14-34)49-27-8-9-40-25-16-44(15-24(25)27)32(48)51-33(3,4)5/h6-10,19,21-22H,11-18H2,1-5H3. The Morgan fingerprint density at radius 2 is 1.76 bits per heavy atom. The predicted molar refractivity (Wildman–Crippen MR) is 179 cm³/mol. The summed E-state index contributed by atoms with van der Waals surface area (Å²) in [7, 11) is 0. The van der Waals surface area contributed by atoms with Gasteiger partial charge in [0.2, 0.25) is 5.28 Å². The van der Waals surface area contributed by atoms with Crippen LogP contribution in [0.4, 0.5) is 23.8 Å². The number of pyridine rings is 1. The van der Waals surface area contributed by atoms with E-state index in [4.69, 9.17) is 25.8 Å². The lowest BCUT2D eigenvalue weighted by atomic mass is 9.61. The van der Waals surface area contributed by atoms with Gasteiger partial charge in [-0.2, -0.15) is 4.98 Å². The largest absolute Gasteiger partial charge is 0.490 e. The van der Waals surface area contributed by atoms with Gasteiger partial charge in [-0.3, -0.25) is 14.7 Å². The lowest BCUT2D eigenvalue weighted by molar-refractivity contribution is -0.120. The molecule has 4 aliphatic rings. The molecule has 4 heterocycles. The molecule has 0 atom stereocenters. The molecule has 2 aliphatic heterocycles. The summed E-state index contributed by atoms with van der Waals surface area (Å²) >= 11 is 6.15. The van der Waals surface area contributed by atoms with Gasteiger partial charge in [0.05, 0.1) is 24.3 Å². The van der Waals surface area contributed by atoms with Crippen LogP contribution in [0.1, 0.15) is 81.9 Å². The minimum Gasteiger partial charge on any atom is -0.490 e. The number of amides is 2. The number of ether oxygens (including phenoxy) is 3. The molecular weight excluding hydrogens is 691 g/mol. The van der Waals surface area contributed by atoms with Crippen LogP contribution in [0.15, 0.2) is 30.5 Å². The molecule has 16 heteroatoms. The average molecular weight is 730 g/mol. The number of rotatable bonds is 8. The molecule has 3 fully saturated rings. The van der Waals surface area contributed by atoms with E-state index in [-0.39, 0.29) is 34.0 Å². The van der Waals surface area contributed by atoms with Crippen LogP contribution in [-0.2, 0) is 17.8 Å². The van der Waals surface area contributed by atoms with Crippen molar-refractivity contribution in [2.24, 2.45) is 5.41 Å². The van der Waals surface area contributed by atoms with Crippen molar-refractivity contribution in [3.05, 3.63) is 58.4 Å². The molecule has 1 spiro atoms. The molecule has 2 amide bonds. The van der Waals surface area contributed by atoms with E-state index in [0.29, 0.717) is 37.7 Å². The maximum absolute atomic E-state index is 14.5. The van der Waals surface area contributed by atoms with Crippen LogP contribution in [0.5, 0.6) is 17.4 Å². The molecule has 7 rings (SSSR count). The summed E-state index contributed by atoms with van der Waals surface area (Å²) in [5.74, 6) is -3.19. The predicted octanol–water partition coefficient (Wildman–Crippen LogP) is 6.80. The fourth-order valence-electron chi connectivity index (χ4n) is 7.37. The maximum Gasteiger partial charge on any atom is 0.410 e. The molecule has 51 heavy (non-hydrogen) atoms. The molecule has 2 aromatic heterocycles. The van der Waals surface area contributed by atoms with Gasteiger partial charge in [0, 0.05) is 55.2 Å². The van der Waals surface area contributed by atoms with E-state index >= 15 is 0 Å². The van der Waals surface area contributed by atoms with Crippen LogP contribution < -0.4 is 14.4 Å². The fraction of sp³-hybridized carbons (Fsp3) is 0.543. The molecule has 0 radical (unpaired) electrons. The van der Waals surface area contributed by atoms with Gasteiger partial charge in [-0.15, -0.1) is 10.2 Å². The fourth-order valence-corrected chi connectivity index (χ4v) is 7.48. The smallest absolute Gasteiger partial charge is 0.410 e. The highest BCUT2D eigenvalue weighted by Crippen LogP contribution is 2.52. The number of carbonyl (C=O) groups is 2. The Kier molecular flexibility index (Phi) is 8.70. The van der Waals surface area contributed by atoms with Gasteiger partial charge in [0.1, 0.15) is 29.0 Å². The third-order valence-corrected chi connectivity index (χ3v) is 9.81. The number of aromatic nitrogens is 4. The van der Waals surface area contributed by atoms with Crippen LogP contribution in [-0.4, -0.2) is 84.8 Å². The van der Waals surface area contributed by atoms with Gasteiger partial charge in [-0.1, -0.05) is 0 Å². The molecule has 0 N–H and O–H groups in total. The molecule has 12 nitrogen and oxygen atoms in total. The summed E-state index contributed by atoms with van der Waals surface area (Å²) in [5, 5.41) is 7.83. The molecule has 1 saturated heterocycles. The van der Waals surface area contributed by atoms with Gasteiger partial charge in [0.25, 0.3) is 17.7 Å². The molecule has 0 bridgehead atoms. The Morgan fingerprint density at radius 1 is 1.04 bits per heavy atom. The van der Waals surface area contributed by atoms with Crippen molar-refractivity contribution in [2.75, 3.05) is 18.0 Å². The second kappa shape index (κ2) is 12.7. The average Bonchev–Trinajstić information content (AvgIpc) is 3.43. The second-order valence-corrected chi connectivity index (χ2v) is 15.6. The van der Waals surface area contributed by atoms with Crippen LogP contribution in [0, 0.1) is 11.2 Å². The van der Waals surface area contributed by atoms with Crippen molar-refractivity contribution in [1.29, 1.82) is 0 Å². The van der Waals surface area contributed by atoms with Gasteiger partial charge in [-0.25, -0.2) is 18.0 Å². The SMILES string of the molecule is CC(C)N(C(=O)c1cc(F)ccc1Oc1nnc(Cl)nc1N1CC2(CC(Oc3ccnc4c3CN(C(=O)OC(C)(C)C)C4)C2)C1)C1CC(F)(F)C1. The van der Waals surface area contributed by atoms with E-state index in [2.05, 4.69) is 20.2 Å². The van der Waals surface area contributed by atoms with E-state index in [0.717, 1.165) is 36.2 Å². The zero-order valence-corrected chi connectivity index (χ0v) is 29.7. The Morgan fingerprint density at radius 3 is 2.43 bits per heavy atom. The highest BCUT2D eigenvalue weighted by atomic mass is 35.5. The van der Waals surface area contributed by atoms with E-state index in [1.54, 1.807) is 24.9 Å². The lowest BCUT2D eigenvalue weighted by Gasteiger charge is -2.58. The second-order valence-electron chi connectivity index (χ2n) is 15.3. The summed E-state index contributed by atoms with van der Waals surface area (Å²) in [6, 6.07) is 4.19. The molecule has 3 aromatic rings. The Labute approximate surface area is 298 Å². The first-order chi connectivity index (χ1) is 24.0. The Bertz CT molecular complexity index is 1850. The van der Waals surface area contributed by atoms with Gasteiger partial charge < -0.3 is 24.0 Å². The zero-order valence-electron chi connectivity index (χ0n) is 29.0. The number of halogens is 4. The van der Waals surface area contributed by atoms with Crippen molar-refractivity contribution in [3.8, 4) is 17.4 Å². The Balaban J connectivity index is 1.01. The summed E-state index contributed by atoms with van der Waals surface area (Å²) in [4.78, 5) is 40.1. The van der Waals surface area contributed by atoms with Crippen LogP contribution in [0.2, 0.25) is 5.28 Å². The number of hydrogen-bond acceptors (Lipinski definition) is 10. The maximum atomic E-state index is 14.5. The first-order valence-corrected chi connectivity index (χ1v) is 17.3. The highest BCUT2D eigenvalue weighted by Gasteiger charge is 2.55. The van der Waals surface area contributed by atoms with Crippen LogP contribution in [0.3, 0.4) is 0 Å². The molecule has 272 valence electrons. The van der Waals surface area contributed by atoms with Crippen LogP contribution in [0.25, 0.3) is 0 Å². The first kappa shape index (κ1) is 35.0. The number of fused-ring (bicyclic) bond motifs is 1. The zero-order chi connectivity index (χ0) is 36.5. The summed E-state index contributed by atoms with van der Waals surface area (Å²) < 4.78 is 60.0. The summed E-state index contributed by atoms with van der Waals surface area (Å²) in [6.45, 7) is 10.8. The van der Waals surface area contributed by atoms with Crippen LogP contribution >= 0.6 is 11.6 Å². The van der Waals surface area contributed by atoms with E-state index < -0.39 is 54.3 Å². The third-order valence-electron chi connectivity index (χ3n) is 9.65. The van der Waals surface area contributed by atoms with E-state index in [9.17, 15) is 22.8 Å². The van der Waals surface area contributed by atoms with Crippen molar-refractivity contribution in [1.82, 2.24) is 30.0 Å². The summed E-state index contributed by atoms with van der Waals surface area (Å²) in [6.07, 6.45) is 1.89. The van der Waals surface area contributed by atoms with Gasteiger partial charge in [-0.05, 0) is 83.3 Å². The molecule has 2 saturated carbocycles. The van der Waals surface area contributed by atoms with Crippen molar-refractivity contribution in [2.45, 2.75) is 103 Å². The van der Waals surface area contributed by atoms with E-state index in [1.165, 1.54) is 11.0 Å². The molecule has 2 aliphatic carbocycles. The van der Waals surface area contributed by atoms with E-state index in [1.807, 2.05) is 31.7 Å². The minimum atomic E-state index is -2.84. The van der Waals surface area contributed by atoms with Crippen molar-refractivity contribution >= 4 is 29.4 Å². The molecular formula is C35H39ClF3N7O5. The first-order valence-electron chi connectivity index (χ1n) is 16.9. The Hall–Kier alpha value is -4.40. The number of alkyl halides is 2. The molecule has 1 aromatic carbocycles. The monoisotopic (exact) mass is 729 g/mol. The third kappa shape index (κ3) is 7.09. The highest BCUT2D eigenvalue weighted by molar-refractivity contribution is 6.28. The lowest BCUT2D eigenvalue weighted by Crippen LogP contribution is -2.65. The quantitative estimate of drug-likeness (QED) is 0.245. The minimum absolute atomic E-state index is 0.0136. The number of benzene rings is 1. The number of carbonyl (C=O) groups excluding carboxylic acids is 2. The number of hydrogen-bond donors (Lipinski definition) is 0. The van der Waals surface area contributed by atoms with Crippen molar-refractivity contribution in [3.63, 3.8) is 0 Å². The molecule has 0 unspecified atom stereocenters. The number of nitrogens with zero attached hydrogens (tertiary/aromatic N) is 7. The number of anilines is 1. The van der Waals surface area contributed by atoms with Crippen molar-refractivity contribution < 1.29 is 37.0 Å². The van der Waals surface area contributed by atoms with Gasteiger partial charge >= 0.3 is 6.09 Å². The van der Waals surface area contributed by atoms with Gasteiger partial charge in [0.15, 0.2) is 5.82 Å².